The zero-order valence-electron chi connectivity index (χ0n) is 18.8. The average molecular weight is 535 g/mol. The number of nitrogens with zero attached hydrogens (tertiary/aromatic N) is 2. The summed E-state index contributed by atoms with van der Waals surface area (Å²) in [5.41, 5.74) is 4.04. The maximum Gasteiger partial charge on any atom is 0.396 e. The number of halogens is 4. The van der Waals surface area contributed by atoms with Crippen LogP contribution in [0.4, 0.5) is 27.8 Å². The molecule has 0 fully saturated rings. The minimum absolute atomic E-state index is 0.311. The Balaban J connectivity index is 1.44. The molecule has 0 radical (unpaired) electrons. The summed E-state index contributed by atoms with van der Waals surface area (Å²) in [6.07, 6.45) is 0. The van der Waals surface area contributed by atoms with E-state index in [0.29, 0.717) is 22.5 Å². The highest BCUT2D eigenvalue weighted by molar-refractivity contribution is 7.14. The summed E-state index contributed by atoms with van der Waals surface area (Å²) in [7, 11) is 0. The number of nitrogens with one attached hydrogen (secondary N) is 2. The molecule has 0 atom stereocenters. The van der Waals surface area contributed by atoms with Crippen molar-refractivity contribution in [1.29, 1.82) is 0 Å². The molecule has 0 unspecified atom stereocenters. The van der Waals surface area contributed by atoms with Gasteiger partial charge < -0.3 is 0 Å². The van der Waals surface area contributed by atoms with Crippen LogP contribution in [0, 0.1) is 13.8 Å². The molecule has 12 heteroatoms. The van der Waals surface area contributed by atoms with E-state index >= 15 is 0 Å². The van der Waals surface area contributed by atoms with Crippen LogP contribution in [0.1, 0.15) is 11.1 Å². The number of anilines is 2. The summed E-state index contributed by atoms with van der Waals surface area (Å²) in [6, 6.07) is 14.2. The molecule has 2 aromatic heterocycles. The number of carbonyl (C=O) groups excluding carboxylic acids is 2. The van der Waals surface area contributed by atoms with E-state index in [9.17, 15) is 27.2 Å². The van der Waals surface area contributed by atoms with Gasteiger partial charge in [0, 0.05) is 21.9 Å². The molecular formula is C24H18F4N4O2S2. The zero-order chi connectivity index (χ0) is 26.1. The fourth-order valence-corrected chi connectivity index (χ4v) is 4.44. The SMILES string of the molecule is Cc1ccc(-c2csc(NC(=O)C(F)(F)C(F)(F)C(=O)Nc3nc(-c4ccc(C)cc4)cs3)n2)cc1. The second kappa shape index (κ2) is 9.78. The second-order valence-corrected chi connectivity index (χ2v) is 9.58. The van der Waals surface area contributed by atoms with Crippen molar-refractivity contribution in [3.05, 3.63) is 70.4 Å². The number of amides is 2. The Kier molecular flexibility index (Phi) is 6.92. The Bertz CT molecular complexity index is 1290. The maximum absolute atomic E-state index is 14.5. The van der Waals surface area contributed by atoms with Gasteiger partial charge in [0.2, 0.25) is 0 Å². The number of alkyl halides is 4. The fourth-order valence-electron chi connectivity index (χ4n) is 3.01. The molecule has 0 bridgehead atoms. The van der Waals surface area contributed by atoms with E-state index in [-0.39, 0.29) is 10.3 Å². The lowest BCUT2D eigenvalue weighted by atomic mass is 10.1. The quantitative estimate of drug-likeness (QED) is 0.269. The van der Waals surface area contributed by atoms with Gasteiger partial charge in [0.15, 0.2) is 10.3 Å². The maximum atomic E-state index is 14.5. The van der Waals surface area contributed by atoms with Gasteiger partial charge in [0.1, 0.15) is 0 Å². The first-order chi connectivity index (χ1) is 17.0. The minimum Gasteiger partial charge on any atom is -0.296 e. The Morgan fingerprint density at radius 2 is 1.00 bits per heavy atom. The van der Waals surface area contributed by atoms with Gasteiger partial charge in [-0.15, -0.1) is 22.7 Å². The summed E-state index contributed by atoms with van der Waals surface area (Å²) < 4.78 is 57.8. The van der Waals surface area contributed by atoms with Gasteiger partial charge in [-0.2, -0.15) is 17.6 Å². The van der Waals surface area contributed by atoms with Crippen molar-refractivity contribution in [2.75, 3.05) is 10.6 Å². The summed E-state index contributed by atoms with van der Waals surface area (Å²) >= 11 is 1.57. The lowest BCUT2D eigenvalue weighted by Gasteiger charge is -2.23. The normalized spacial score (nSPS) is 11.8. The van der Waals surface area contributed by atoms with Gasteiger partial charge in [-0.05, 0) is 13.8 Å². The molecule has 6 nitrogen and oxygen atoms in total. The van der Waals surface area contributed by atoms with E-state index in [0.717, 1.165) is 33.8 Å². The number of rotatable bonds is 7. The van der Waals surface area contributed by atoms with E-state index in [4.69, 9.17) is 0 Å². The standard InChI is InChI=1S/C24H18F4N4O2S2/c1-13-3-7-15(8-4-13)17-11-35-21(29-17)31-19(33)23(25,26)24(27,28)20(34)32-22-30-18(12-36-22)16-9-5-14(2)6-10-16/h3-12H,1-2H3,(H,29,31,33)(H,30,32,34). The number of aryl methyl sites for hydroxylation is 2. The number of carbonyl (C=O) groups is 2. The van der Waals surface area contributed by atoms with Crippen LogP contribution in [0.25, 0.3) is 22.5 Å². The van der Waals surface area contributed by atoms with Crippen LogP contribution in [0.3, 0.4) is 0 Å². The molecule has 4 rings (SSSR count). The summed E-state index contributed by atoms with van der Waals surface area (Å²) in [5.74, 6) is -15.4. The lowest BCUT2D eigenvalue weighted by molar-refractivity contribution is -0.204. The second-order valence-electron chi connectivity index (χ2n) is 7.86. The van der Waals surface area contributed by atoms with Gasteiger partial charge in [0.05, 0.1) is 11.4 Å². The molecular weight excluding hydrogens is 516 g/mol. The number of hydrogen-bond acceptors (Lipinski definition) is 6. The first-order valence-corrected chi connectivity index (χ1v) is 12.2. The summed E-state index contributed by atoms with van der Waals surface area (Å²) in [4.78, 5) is 32.1. The van der Waals surface area contributed by atoms with Crippen molar-refractivity contribution < 1.29 is 27.2 Å². The molecule has 2 heterocycles. The number of benzene rings is 2. The molecule has 0 spiro atoms. The Labute approximate surface area is 211 Å². The van der Waals surface area contributed by atoms with E-state index in [1.807, 2.05) is 38.1 Å². The van der Waals surface area contributed by atoms with Crippen LogP contribution in [0.5, 0.6) is 0 Å². The molecule has 2 N–H and O–H groups in total. The minimum atomic E-state index is -5.36. The molecule has 36 heavy (non-hydrogen) atoms. The summed E-state index contributed by atoms with van der Waals surface area (Å²) in [6.45, 7) is 3.76. The van der Waals surface area contributed by atoms with Gasteiger partial charge in [-0.25, -0.2) is 9.97 Å². The largest absolute Gasteiger partial charge is 0.396 e. The summed E-state index contributed by atoms with van der Waals surface area (Å²) in [5, 5.41) is 5.71. The molecule has 0 saturated carbocycles. The Morgan fingerprint density at radius 3 is 1.33 bits per heavy atom. The number of aromatic nitrogens is 2. The highest BCUT2D eigenvalue weighted by Crippen LogP contribution is 2.37. The number of hydrogen-bond donors (Lipinski definition) is 2. The van der Waals surface area contributed by atoms with Crippen molar-refractivity contribution in [3.63, 3.8) is 0 Å². The van der Waals surface area contributed by atoms with Crippen LogP contribution < -0.4 is 10.6 Å². The van der Waals surface area contributed by atoms with E-state index < -0.39 is 23.7 Å². The molecule has 0 aliphatic carbocycles. The highest BCUT2D eigenvalue weighted by Gasteiger charge is 2.67. The van der Waals surface area contributed by atoms with E-state index in [2.05, 4.69) is 9.97 Å². The van der Waals surface area contributed by atoms with Crippen molar-refractivity contribution in [2.24, 2.45) is 0 Å². The van der Waals surface area contributed by atoms with Crippen LogP contribution in [0.2, 0.25) is 0 Å². The third-order valence-corrected chi connectivity index (χ3v) is 6.62. The third kappa shape index (κ3) is 5.14. The molecule has 2 amide bonds. The topological polar surface area (TPSA) is 84.0 Å². The van der Waals surface area contributed by atoms with E-state index in [1.165, 1.54) is 10.8 Å². The molecule has 0 aliphatic heterocycles. The van der Waals surface area contributed by atoms with Crippen LogP contribution in [0.15, 0.2) is 59.3 Å². The van der Waals surface area contributed by atoms with Crippen molar-refractivity contribution in [2.45, 2.75) is 25.7 Å². The van der Waals surface area contributed by atoms with Crippen molar-refractivity contribution in [1.82, 2.24) is 9.97 Å². The number of thiazole rings is 2. The fraction of sp³-hybridized carbons (Fsp3) is 0.167. The molecule has 186 valence electrons. The monoisotopic (exact) mass is 534 g/mol. The molecule has 4 aromatic rings. The first kappa shape index (κ1) is 25.5. The first-order valence-electron chi connectivity index (χ1n) is 10.4. The smallest absolute Gasteiger partial charge is 0.296 e. The predicted octanol–water partition coefficient (Wildman–Crippen LogP) is 6.40. The third-order valence-electron chi connectivity index (χ3n) is 5.11. The lowest BCUT2D eigenvalue weighted by Crippen LogP contribution is -2.56. The van der Waals surface area contributed by atoms with Crippen LogP contribution >= 0.6 is 22.7 Å². The zero-order valence-corrected chi connectivity index (χ0v) is 20.4. The van der Waals surface area contributed by atoms with Gasteiger partial charge in [-0.1, -0.05) is 59.7 Å². The van der Waals surface area contributed by atoms with Crippen LogP contribution in [-0.2, 0) is 9.59 Å². The van der Waals surface area contributed by atoms with Gasteiger partial charge >= 0.3 is 23.7 Å². The van der Waals surface area contributed by atoms with Gasteiger partial charge in [0.25, 0.3) is 0 Å². The molecule has 0 aliphatic rings. The Hall–Kier alpha value is -3.64. The van der Waals surface area contributed by atoms with Crippen LogP contribution in [-0.4, -0.2) is 33.6 Å². The molecule has 2 aromatic carbocycles. The molecule has 0 saturated heterocycles. The average Bonchev–Trinajstić information content (AvgIpc) is 3.50. The Morgan fingerprint density at radius 1 is 0.667 bits per heavy atom. The van der Waals surface area contributed by atoms with Crippen molar-refractivity contribution in [3.8, 4) is 22.5 Å². The predicted molar refractivity (Wildman–Crippen MR) is 132 cm³/mol. The van der Waals surface area contributed by atoms with E-state index in [1.54, 1.807) is 34.9 Å². The highest BCUT2D eigenvalue weighted by atomic mass is 32.1. The van der Waals surface area contributed by atoms with Crippen molar-refractivity contribution >= 4 is 44.8 Å². The van der Waals surface area contributed by atoms with Gasteiger partial charge in [-0.3, -0.25) is 20.2 Å².